The zero-order chi connectivity index (χ0) is 13.3. The second kappa shape index (κ2) is 4.25. The molecule has 1 rings (SSSR count). The third kappa shape index (κ3) is 2.88. The van der Waals surface area contributed by atoms with E-state index in [4.69, 9.17) is 10.3 Å². The summed E-state index contributed by atoms with van der Waals surface area (Å²) in [6, 6.07) is 0. The van der Waals surface area contributed by atoms with Gasteiger partial charge in [0.25, 0.3) is 0 Å². The van der Waals surface area contributed by atoms with Crippen molar-refractivity contribution in [2.75, 3.05) is 6.54 Å². The summed E-state index contributed by atoms with van der Waals surface area (Å²) in [5, 5.41) is 3.45. The first-order valence-electron chi connectivity index (χ1n) is 5.31. The van der Waals surface area contributed by atoms with Gasteiger partial charge in [-0.05, 0) is 39.6 Å². The molecule has 17 heavy (non-hydrogen) atoms. The van der Waals surface area contributed by atoms with Crippen LogP contribution in [0.3, 0.4) is 0 Å². The number of ether oxygens (including phenoxy) is 1. The molecular weight excluding hydrogens is 224 g/mol. The van der Waals surface area contributed by atoms with Gasteiger partial charge in [-0.15, -0.1) is 0 Å². The molecule has 0 aliphatic carbocycles. The van der Waals surface area contributed by atoms with Gasteiger partial charge >= 0.3 is 6.09 Å². The van der Waals surface area contributed by atoms with Gasteiger partial charge in [0, 0.05) is 11.5 Å². The lowest BCUT2D eigenvalue weighted by Crippen LogP contribution is -2.42. The van der Waals surface area contributed by atoms with E-state index in [1.807, 2.05) is 0 Å². The van der Waals surface area contributed by atoms with E-state index in [1.165, 1.54) is 6.92 Å². The summed E-state index contributed by atoms with van der Waals surface area (Å²) < 4.78 is 5.09. The molecular formula is C10H16N4O3. The van der Waals surface area contributed by atoms with Gasteiger partial charge in [0.05, 0.1) is 0 Å². The average Bonchev–Trinajstić information content (AvgIpc) is 2.41. The van der Waals surface area contributed by atoms with Crippen molar-refractivity contribution in [3.05, 3.63) is 10.4 Å². The molecule has 1 atom stereocenters. The van der Waals surface area contributed by atoms with Crippen LogP contribution in [0.2, 0.25) is 0 Å². The van der Waals surface area contributed by atoms with Crippen LogP contribution >= 0.6 is 0 Å². The molecule has 1 heterocycles. The number of hydrogen-bond acceptors (Lipinski definition) is 4. The molecule has 94 valence electrons. The lowest BCUT2D eigenvalue weighted by Gasteiger charge is -2.24. The highest BCUT2D eigenvalue weighted by atomic mass is 16.6. The molecule has 1 aliphatic heterocycles. The second-order valence-electron chi connectivity index (χ2n) is 5.15. The lowest BCUT2D eigenvalue weighted by atomic mass is 10.0. The van der Waals surface area contributed by atoms with Crippen LogP contribution in [-0.4, -0.2) is 34.6 Å². The van der Waals surface area contributed by atoms with Gasteiger partial charge in [-0.2, -0.15) is 0 Å². The van der Waals surface area contributed by atoms with Crippen LogP contribution < -0.4 is 0 Å². The molecule has 0 N–H and O–H groups in total. The molecule has 7 nitrogen and oxygen atoms in total. The minimum absolute atomic E-state index is 0.212. The van der Waals surface area contributed by atoms with Crippen molar-refractivity contribution in [3.8, 4) is 0 Å². The number of imide groups is 1. The Morgan fingerprint density at radius 3 is 2.65 bits per heavy atom. The van der Waals surface area contributed by atoms with E-state index in [2.05, 4.69) is 10.0 Å². The summed E-state index contributed by atoms with van der Waals surface area (Å²) in [4.78, 5) is 27.2. The molecule has 0 aromatic heterocycles. The molecule has 1 aliphatic rings. The standard InChI is InChI=1S/C10H16N4O3/c1-9(2,3)17-8(16)14-6-5-10(4,7(14)15)12-13-11/h5-6H2,1-4H3. The fourth-order valence-electron chi connectivity index (χ4n) is 1.51. The van der Waals surface area contributed by atoms with E-state index in [-0.39, 0.29) is 6.54 Å². The first kappa shape index (κ1) is 13.3. The number of azide groups is 1. The van der Waals surface area contributed by atoms with Crippen LogP contribution in [0.25, 0.3) is 10.4 Å². The maximum Gasteiger partial charge on any atom is 0.417 e. The highest BCUT2D eigenvalue weighted by molar-refractivity contribution is 5.99. The number of hydrogen-bond donors (Lipinski definition) is 0. The largest absolute Gasteiger partial charge is 0.443 e. The molecule has 1 unspecified atom stereocenters. The highest BCUT2D eigenvalue weighted by Gasteiger charge is 2.46. The fourth-order valence-corrected chi connectivity index (χ4v) is 1.51. The Bertz CT molecular complexity index is 395. The number of nitrogens with zero attached hydrogens (tertiary/aromatic N) is 4. The minimum Gasteiger partial charge on any atom is -0.443 e. The van der Waals surface area contributed by atoms with Crippen LogP contribution in [-0.2, 0) is 9.53 Å². The molecule has 0 radical (unpaired) electrons. The number of amides is 2. The van der Waals surface area contributed by atoms with E-state index >= 15 is 0 Å². The third-order valence-corrected chi connectivity index (χ3v) is 2.41. The zero-order valence-electron chi connectivity index (χ0n) is 10.4. The second-order valence-corrected chi connectivity index (χ2v) is 5.15. The van der Waals surface area contributed by atoms with Gasteiger partial charge in [0.1, 0.15) is 11.1 Å². The normalized spacial score (nSPS) is 24.5. The smallest absolute Gasteiger partial charge is 0.417 e. The van der Waals surface area contributed by atoms with Crippen LogP contribution in [0.5, 0.6) is 0 Å². The Balaban J connectivity index is 2.81. The van der Waals surface area contributed by atoms with Gasteiger partial charge in [-0.3, -0.25) is 4.79 Å². The molecule has 0 spiro atoms. The highest BCUT2D eigenvalue weighted by Crippen LogP contribution is 2.28. The number of carbonyl (C=O) groups is 2. The summed E-state index contributed by atoms with van der Waals surface area (Å²) >= 11 is 0. The van der Waals surface area contributed by atoms with E-state index in [9.17, 15) is 9.59 Å². The SMILES string of the molecule is CC(C)(C)OC(=O)N1CCC(C)(N=[N+]=[N-])C1=O. The number of carbonyl (C=O) groups excluding carboxylic acids is 2. The average molecular weight is 240 g/mol. The molecule has 0 aromatic carbocycles. The zero-order valence-corrected chi connectivity index (χ0v) is 10.4. The van der Waals surface area contributed by atoms with Gasteiger partial charge in [-0.25, -0.2) is 9.69 Å². The van der Waals surface area contributed by atoms with E-state index < -0.39 is 23.1 Å². The summed E-state index contributed by atoms with van der Waals surface area (Å²) in [5.41, 5.74) is 6.56. The van der Waals surface area contributed by atoms with E-state index in [1.54, 1.807) is 20.8 Å². The number of likely N-dealkylation sites (tertiary alicyclic amines) is 1. The van der Waals surface area contributed by atoms with Crippen molar-refractivity contribution < 1.29 is 14.3 Å². The first-order chi connectivity index (χ1) is 7.69. The quantitative estimate of drug-likeness (QED) is 0.399. The fraction of sp³-hybridized carbons (Fsp3) is 0.800. The molecule has 1 saturated heterocycles. The van der Waals surface area contributed by atoms with Crippen molar-refractivity contribution in [3.63, 3.8) is 0 Å². The molecule has 0 bridgehead atoms. The predicted octanol–water partition coefficient (Wildman–Crippen LogP) is 2.22. The summed E-state index contributed by atoms with van der Waals surface area (Å²) in [6.45, 7) is 6.89. The van der Waals surface area contributed by atoms with Crippen molar-refractivity contribution >= 4 is 12.0 Å². The third-order valence-electron chi connectivity index (χ3n) is 2.41. The maximum absolute atomic E-state index is 11.9. The Kier molecular flexibility index (Phi) is 3.33. The van der Waals surface area contributed by atoms with Crippen molar-refractivity contribution in [1.29, 1.82) is 0 Å². The van der Waals surface area contributed by atoms with Crippen molar-refractivity contribution in [2.45, 2.75) is 45.3 Å². The minimum atomic E-state index is -1.17. The van der Waals surface area contributed by atoms with Crippen LogP contribution in [0, 0.1) is 0 Å². The van der Waals surface area contributed by atoms with Crippen molar-refractivity contribution in [2.24, 2.45) is 5.11 Å². The summed E-state index contributed by atoms with van der Waals surface area (Å²) in [5.74, 6) is -0.510. The first-order valence-corrected chi connectivity index (χ1v) is 5.31. The van der Waals surface area contributed by atoms with Crippen LogP contribution in [0.15, 0.2) is 5.11 Å². The molecule has 1 fully saturated rings. The number of rotatable bonds is 1. The molecule has 0 saturated carbocycles. The van der Waals surface area contributed by atoms with E-state index in [0.717, 1.165) is 4.90 Å². The Labute approximate surface area is 99.3 Å². The summed E-state index contributed by atoms with van der Waals surface area (Å²) in [7, 11) is 0. The van der Waals surface area contributed by atoms with Crippen LogP contribution in [0.1, 0.15) is 34.1 Å². The van der Waals surface area contributed by atoms with E-state index in [0.29, 0.717) is 6.42 Å². The van der Waals surface area contributed by atoms with Gasteiger partial charge in [0.2, 0.25) is 5.91 Å². The molecule has 0 aromatic rings. The summed E-state index contributed by atoms with van der Waals surface area (Å²) in [6.07, 6.45) is -0.380. The lowest BCUT2D eigenvalue weighted by molar-refractivity contribution is -0.130. The molecule has 7 heteroatoms. The Hall–Kier alpha value is -1.75. The monoisotopic (exact) mass is 240 g/mol. The van der Waals surface area contributed by atoms with Gasteiger partial charge < -0.3 is 4.74 Å². The predicted molar refractivity (Wildman–Crippen MR) is 60.1 cm³/mol. The van der Waals surface area contributed by atoms with Gasteiger partial charge in [-0.1, -0.05) is 5.11 Å². The van der Waals surface area contributed by atoms with Crippen molar-refractivity contribution in [1.82, 2.24) is 4.90 Å². The van der Waals surface area contributed by atoms with Crippen LogP contribution in [0.4, 0.5) is 4.79 Å². The molecule has 2 amide bonds. The topological polar surface area (TPSA) is 95.4 Å². The van der Waals surface area contributed by atoms with Gasteiger partial charge in [0.15, 0.2) is 0 Å². The maximum atomic E-state index is 11.9. The Morgan fingerprint density at radius 2 is 2.18 bits per heavy atom. The Morgan fingerprint density at radius 1 is 1.59 bits per heavy atom.